The topological polar surface area (TPSA) is 42.5 Å². The summed E-state index contributed by atoms with van der Waals surface area (Å²) in [7, 11) is 3.41. The van der Waals surface area contributed by atoms with E-state index in [9.17, 15) is 0 Å². The molecule has 2 atom stereocenters. The fourth-order valence-corrected chi connectivity index (χ4v) is 1.35. The molecular weight excluding hydrogens is 192 g/mol. The summed E-state index contributed by atoms with van der Waals surface area (Å²) in [5.41, 5.74) is 0. The Morgan fingerprint density at radius 2 is 1.73 bits per heavy atom. The van der Waals surface area contributed by atoms with Crippen molar-refractivity contribution in [2.24, 2.45) is 5.92 Å². The number of nitrogens with one attached hydrogen (secondary N) is 2. The summed E-state index contributed by atoms with van der Waals surface area (Å²) in [6.07, 6.45) is 0.154. The highest BCUT2D eigenvalue weighted by atomic mass is 16.5. The minimum absolute atomic E-state index is 0.154. The molecule has 0 spiro atoms. The van der Waals surface area contributed by atoms with Gasteiger partial charge >= 0.3 is 0 Å². The van der Waals surface area contributed by atoms with Crippen LogP contribution in [0.1, 0.15) is 13.8 Å². The second kappa shape index (κ2) is 10.4. The van der Waals surface area contributed by atoms with Gasteiger partial charge in [-0.3, -0.25) is 0 Å². The number of hydrogen-bond donors (Lipinski definition) is 2. The van der Waals surface area contributed by atoms with E-state index in [0.717, 1.165) is 26.2 Å². The molecule has 0 fully saturated rings. The quantitative estimate of drug-likeness (QED) is 0.560. The number of ether oxygens (including phenoxy) is 2. The summed E-state index contributed by atoms with van der Waals surface area (Å²) in [5.74, 6) is 0.644. The average molecular weight is 218 g/mol. The Kier molecular flexibility index (Phi) is 10.3. The van der Waals surface area contributed by atoms with E-state index in [4.69, 9.17) is 9.47 Å². The summed E-state index contributed by atoms with van der Waals surface area (Å²) < 4.78 is 10.3. The van der Waals surface area contributed by atoms with E-state index < -0.39 is 0 Å². The zero-order chi connectivity index (χ0) is 11.5. The highest BCUT2D eigenvalue weighted by Gasteiger charge is 2.07. The lowest BCUT2D eigenvalue weighted by molar-refractivity contribution is 0.0286. The Bertz CT molecular complexity index is 134. The van der Waals surface area contributed by atoms with Gasteiger partial charge in [0.05, 0.1) is 12.7 Å². The van der Waals surface area contributed by atoms with Gasteiger partial charge in [-0.2, -0.15) is 0 Å². The van der Waals surface area contributed by atoms with E-state index in [1.807, 2.05) is 0 Å². The molecule has 0 aliphatic rings. The molecule has 0 saturated heterocycles. The maximum absolute atomic E-state index is 5.25. The second-order valence-electron chi connectivity index (χ2n) is 3.88. The van der Waals surface area contributed by atoms with Crippen molar-refractivity contribution in [3.63, 3.8) is 0 Å². The fraction of sp³-hybridized carbons (Fsp3) is 1.00. The van der Waals surface area contributed by atoms with Gasteiger partial charge in [-0.25, -0.2) is 0 Å². The van der Waals surface area contributed by atoms with Crippen LogP contribution in [0.3, 0.4) is 0 Å². The highest BCUT2D eigenvalue weighted by molar-refractivity contribution is 4.64. The van der Waals surface area contributed by atoms with Crippen molar-refractivity contribution in [3.8, 4) is 0 Å². The fourth-order valence-electron chi connectivity index (χ4n) is 1.35. The molecular formula is C11H26N2O2. The molecule has 0 rings (SSSR count). The van der Waals surface area contributed by atoms with Gasteiger partial charge in [0.25, 0.3) is 0 Å². The van der Waals surface area contributed by atoms with Crippen LogP contribution in [-0.4, -0.2) is 53.1 Å². The van der Waals surface area contributed by atoms with Gasteiger partial charge in [0.1, 0.15) is 0 Å². The standard InChI is InChI=1S/C11H26N2O2/c1-5-12-6-10(2)7-13-8-11(15-4)9-14-3/h10-13H,5-9H2,1-4H3. The third kappa shape index (κ3) is 8.81. The van der Waals surface area contributed by atoms with Crippen molar-refractivity contribution >= 4 is 0 Å². The van der Waals surface area contributed by atoms with Crippen molar-refractivity contribution < 1.29 is 9.47 Å². The molecule has 2 unspecified atom stereocenters. The Morgan fingerprint density at radius 3 is 2.27 bits per heavy atom. The molecule has 4 nitrogen and oxygen atoms in total. The zero-order valence-corrected chi connectivity index (χ0v) is 10.5. The average Bonchev–Trinajstić information content (AvgIpc) is 2.25. The Morgan fingerprint density at radius 1 is 1.07 bits per heavy atom. The zero-order valence-electron chi connectivity index (χ0n) is 10.5. The number of hydrogen-bond acceptors (Lipinski definition) is 4. The Balaban J connectivity index is 3.41. The van der Waals surface area contributed by atoms with Crippen molar-refractivity contribution in [1.29, 1.82) is 0 Å². The van der Waals surface area contributed by atoms with Crippen molar-refractivity contribution in [2.45, 2.75) is 20.0 Å². The van der Waals surface area contributed by atoms with E-state index in [1.54, 1.807) is 14.2 Å². The monoisotopic (exact) mass is 218 g/mol. The molecule has 0 heterocycles. The molecule has 92 valence electrons. The van der Waals surface area contributed by atoms with Crippen LogP contribution in [0, 0.1) is 5.92 Å². The van der Waals surface area contributed by atoms with Gasteiger partial charge in [-0.1, -0.05) is 13.8 Å². The van der Waals surface area contributed by atoms with E-state index in [-0.39, 0.29) is 6.10 Å². The minimum atomic E-state index is 0.154. The van der Waals surface area contributed by atoms with Crippen molar-refractivity contribution in [2.75, 3.05) is 47.0 Å². The van der Waals surface area contributed by atoms with Gasteiger partial charge in [-0.05, 0) is 25.6 Å². The first-order valence-electron chi connectivity index (χ1n) is 5.67. The maximum atomic E-state index is 5.25. The van der Waals surface area contributed by atoms with Crippen LogP contribution in [0.5, 0.6) is 0 Å². The minimum Gasteiger partial charge on any atom is -0.382 e. The van der Waals surface area contributed by atoms with Crippen molar-refractivity contribution in [3.05, 3.63) is 0 Å². The van der Waals surface area contributed by atoms with E-state index >= 15 is 0 Å². The van der Waals surface area contributed by atoms with Crippen LogP contribution >= 0.6 is 0 Å². The normalized spacial score (nSPS) is 15.2. The number of rotatable bonds is 10. The van der Waals surface area contributed by atoms with Crippen LogP contribution in [0.15, 0.2) is 0 Å². The van der Waals surface area contributed by atoms with Gasteiger partial charge in [0.15, 0.2) is 0 Å². The van der Waals surface area contributed by atoms with Crippen LogP contribution < -0.4 is 10.6 Å². The summed E-state index contributed by atoms with van der Waals surface area (Å²) in [5, 5.41) is 6.71. The molecule has 4 heteroatoms. The largest absolute Gasteiger partial charge is 0.382 e. The predicted octanol–water partition coefficient (Wildman–Crippen LogP) is 0.483. The predicted molar refractivity (Wildman–Crippen MR) is 63.3 cm³/mol. The molecule has 0 saturated carbocycles. The third-order valence-corrected chi connectivity index (χ3v) is 2.29. The van der Waals surface area contributed by atoms with Gasteiger partial charge in [0.2, 0.25) is 0 Å². The van der Waals surface area contributed by atoms with Crippen molar-refractivity contribution in [1.82, 2.24) is 10.6 Å². The Labute approximate surface area is 93.7 Å². The molecule has 15 heavy (non-hydrogen) atoms. The molecule has 0 aromatic heterocycles. The second-order valence-corrected chi connectivity index (χ2v) is 3.88. The first-order valence-corrected chi connectivity index (χ1v) is 5.67. The third-order valence-electron chi connectivity index (χ3n) is 2.29. The lowest BCUT2D eigenvalue weighted by Crippen LogP contribution is -2.36. The summed E-state index contributed by atoms with van der Waals surface area (Å²) in [6.45, 7) is 8.95. The molecule has 2 N–H and O–H groups in total. The van der Waals surface area contributed by atoms with E-state index in [1.165, 1.54) is 0 Å². The molecule has 0 bridgehead atoms. The van der Waals surface area contributed by atoms with E-state index in [2.05, 4.69) is 24.5 Å². The van der Waals surface area contributed by atoms with E-state index in [0.29, 0.717) is 12.5 Å². The molecule has 0 aliphatic heterocycles. The van der Waals surface area contributed by atoms with Crippen LogP contribution in [0.25, 0.3) is 0 Å². The van der Waals surface area contributed by atoms with Crippen LogP contribution in [0.2, 0.25) is 0 Å². The van der Waals surface area contributed by atoms with Gasteiger partial charge in [0, 0.05) is 20.8 Å². The summed E-state index contributed by atoms with van der Waals surface area (Å²) in [6, 6.07) is 0. The molecule has 0 amide bonds. The highest BCUT2D eigenvalue weighted by Crippen LogP contribution is 1.92. The first kappa shape index (κ1) is 14.8. The lowest BCUT2D eigenvalue weighted by atomic mass is 10.2. The summed E-state index contributed by atoms with van der Waals surface area (Å²) in [4.78, 5) is 0. The van der Waals surface area contributed by atoms with Gasteiger partial charge < -0.3 is 20.1 Å². The molecule has 0 radical (unpaired) electrons. The Hall–Kier alpha value is -0.160. The molecule has 0 aliphatic carbocycles. The van der Waals surface area contributed by atoms with Gasteiger partial charge in [-0.15, -0.1) is 0 Å². The molecule has 0 aromatic rings. The summed E-state index contributed by atoms with van der Waals surface area (Å²) >= 11 is 0. The van der Waals surface area contributed by atoms with Crippen LogP contribution in [-0.2, 0) is 9.47 Å². The molecule has 0 aromatic carbocycles. The SMILES string of the molecule is CCNCC(C)CNCC(COC)OC. The van der Waals surface area contributed by atoms with Crippen LogP contribution in [0.4, 0.5) is 0 Å². The number of methoxy groups -OCH3 is 2. The first-order chi connectivity index (χ1) is 7.24. The lowest BCUT2D eigenvalue weighted by Gasteiger charge is -2.17. The smallest absolute Gasteiger partial charge is 0.0928 e. The maximum Gasteiger partial charge on any atom is 0.0928 e.